The summed E-state index contributed by atoms with van der Waals surface area (Å²) in [5.74, 6) is 0.688. The summed E-state index contributed by atoms with van der Waals surface area (Å²) in [5.41, 5.74) is 0. The molecule has 2 nitrogen and oxygen atoms in total. The van der Waals surface area contributed by atoms with Gasteiger partial charge in [-0.3, -0.25) is 0 Å². The lowest BCUT2D eigenvalue weighted by molar-refractivity contribution is 0.311. The average Bonchev–Trinajstić information content (AvgIpc) is 2.03. The van der Waals surface area contributed by atoms with Gasteiger partial charge < -0.3 is 9.47 Å². The molecule has 0 bridgehead atoms. The predicted octanol–water partition coefficient (Wildman–Crippen LogP) is 5.10. The molecule has 0 N–H and O–H groups in total. The van der Waals surface area contributed by atoms with Crippen molar-refractivity contribution in [3.8, 4) is 11.5 Å². The van der Waals surface area contributed by atoms with E-state index in [2.05, 4.69) is 0 Å². The van der Waals surface area contributed by atoms with Crippen LogP contribution in [-0.2, 0) is 0 Å². The van der Waals surface area contributed by atoms with Crippen molar-refractivity contribution in [2.75, 3.05) is 0 Å². The Morgan fingerprint density at radius 2 is 0.875 bits per heavy atom. The van der Waals surface area contributed by atoms with Crippen molar-refractivity contribution in [1.82, 2.24) is 0 Å². The number of benzene rings is 1. The summed E-state index contributed by atoms with van der Waals surface area (Å²) in [7, 11) is 0. The van der Waals surface area contributed by atoms with E-state index in [0.29, 0.717) is 11.5 Å². The SMILES string of the molecule is ClC(Cl)(Cl)Oc1ccc(OC(Cl)(Cl)Cl)cc1. The van der Waals surface area contributed by atoms with Gasteiger partial charge in [0.1, 0.15) is 11.5 Å². The fourth-order valence-electron chi connectivity index (χ4n) is 0.843. The van der Waals surface area contributed by atoms with Crippen LogP contribution >= 0.6 is 69.6 Å². The van der Waals surface area contributed by atoms with Crippen molar-refractivity contribution in [2.45, 2.75) is 7.96 Å². The first-order valence-corrected chi connectivity index (χ1v) is 6.04. The number of ether oxygens (including phenoxy) is 2. The van der Waals surface area contributed by atoms with Gasteiger partial charge in [-0.1, -0.05) is 0 Å². The molecule has 0 aliphatic carbocycles. The zero-order chi connectivity index (χ0) is 12.4. The van der Waals surface area contributed by atoms with Crippen molar-refractivity contribution in [3.63, 3.8) is 0 Å². The maximum absolute atomic E-state index is 5.43. The third-order valence-electron chi connectivity index (χ3n) is 1.29. The smallest absolute Gasteiger partial charge is 0.338 e. The van der Waals surface area contributed by atoms with E-state index in [-0.39, 0.29) is 0 Å². The Kier molecular flexibility index (Phi) is 5.00. The molecule has 0 aromatic heterocycles. The topological polar surface area (TPSA) is 18.5 Å². The van der Waals surface area contributed by atoms with Gasteiger partial charge in [-0.25, -0.2) is 0 Å². The minimum Gasteiger partial charge on any atom is -0.446 e. The molecule has 1 aromatic rings. The minimum atomic E-state index is -1.82. The van der Waals surface area contributed by atoms with E-state index in [1.165, 1.54) is 24.3 Å². The van der Waals surface area contributed by atoms with E-state index in [1.54, 1.807) is 0 Å². The Morgan fingerprint density at radius 3 is 1.06 bits per heavy atom. The van der Waals surface area contributed by atoms with E-state index in [9.17, 15) is 0 Å². The molecule has 8 heteroatoms. The molecule has 0 aliphatic heterocycles. The summed E-state index contributed by atoms with van der Waals surface area (Å²) in [4.78, 5) is 0. The van der Waals surface area contributed by atoms with E-state index < -0.39 is 7.96 Å². The van der Waals surface area contributed by atoms with Crippen molar-refractivity contribution in [2.24, 2.45) is 0 Å². The predicted molar refractivity (Wildman–Crippen MR) is 68.3 cm³/mol. The van der Waals surface area contributed by atoms with Gasteiger partial charge in [-0.15, -0.1) is 0 Å². The van der Waals surface area contributed by atoms with Crippen LogP contribution in [0.25, 0.3) is 0 Å². The molecule has 0 saturated carbocycles. The number of rotatable bonds is 2. The van der Waals surface area contributed by atoms with Crippen molar-refractivity contribution < 1.29 is 9.47 Å². The molecular weight excluding hydrogens is 341 g/mol. The normalized spacial score (nSPS) is 12.4. The number of halogens is 6. The van der Waals surface area contributed by atoms with E-state index in [4.69, 9.17) is 79.1 Å². The van der Waals surface area contributed by atoms with Crippen molar-refractivity contribution in [3.05, 3.63) is 24.3 Å². The average molecular weight is 345 g/mol. The van der Waals surface area contributed by atoms with Gasteiger partial charge in [-0.05, 0) is 93.9 Å². The van der Waals surface area contributed by atoms with Crippen LogP contribution in [-0.4, -0.2) is 7.96 Å². The highest BCUT2D eigenvalue weighted by atomic mass is 35.6. The lowest BCUT2D eigenvalue weighted by atomic mass is 10.3. The molecule has 0 radical (unpaired) electrons. The molecule has 1 rings (SSSR count). The molecule has 0 heterocycles. The molecule has 0 spiro atoms. The number of alkyl halides is 6. The molecule has 1 aromatic carbocycles. The van der Waals surface area contributed by atoms with Gasteiger partial charge in [-0.2, -0.15) is 0 Å². The van der Waals surface area contributed by atoms with Gasteiger partial charge in [0.15, 0.2) is 0 Å². The van der Waals surface area contributed by atoms with Crippen LogP contribution in [0.1, 0.15) is 0 Å². The highest BCUT2D eigenvalue weighted by molar-refractivity contribution is 6.66. The Hall–Kier alpha value is 0.560. The Morgan fingerprint density at radius 1 is 0.625 bits per heavy atom. The summed E-state index contributed by atoms with van der Waals surface area (Å²) < 4.78 is 6.21. The largest absolute Gasteiger partial charge is 0.446 e. The molecule has 90 valence electrons. The van der Waals surface area contributed by atoms with Crippen LogP contribution in [0.15, 0.2) is 24.3 Å². The van der Waals surface area contributed by atoms with Crippen LogP contribution in [0.5, 0.6) is 11.5 Å². The molecule has 16 heavy (non-hydrogen) atoms. The first kappa shape index (κ1) is 14.6. The quantitative estimate of drug-likeness (QED) is 0.695. The van der Waals surface area contributed by atoms with Crippen molar-refractivity contribution >= 4 is 69.6 Å². The van der Waals surface area contributed by atoms with E-state index in [0.717, 1.165) is 0 Å². The van der Waals surface area contributed by atoms with Gasteiger partial charge in [0, 0.05) is 0 Å². The third-order valence-corrected chi connectivity index (χ3v) is 1.75. The van der Waals surface area contributed by atoms with Crippen LogP contribution in [0.3, 0.4) is 0 Å². The summed E-state index contributed by atoms with van der Waals surface area (Å²) in [5, 5.41) is 0. The molecule has 0 atom stereocenters. The summed E-state index contributed by atoms with van der Waals surface area (Å²) in [6.07, 6.45) is 0. The standard InChI is InChI=1S/C8H4Cl6O2/c9-7(10,11)15-5-1-2-6(4-3-5)16-8(12,13)14/h1-4H. The second-order valence-electron chi connectivity index (χ2n) is 2.57. The first-order chi connectivity index (χ1) is 7.16. The Labute approximate surface area is 122 Å². The first-order valence-electron chi connectivity index (χ1n) is 3.77. The number of hydrogen-bond acceptors (Lipinski definition) is 2. The molecule has 0 fully saturated rings. The van der Waals surface area contributed by atoms with Crippen LogP contribution in [0, 0.1) is 0 Å². The zero-order valence-electron chi connectivity index (χ0n) is 7.39. The van der Waals surface area contributed by atoms with Gasteiger partial charge >= 0.3 is 7.96 Å². The fourth-order valence-corrected chi connectivity index (χ4v) is 1.38. The summed E-state index contributed by atoms with van der Waals surface area (Å²) in [6, 6.07) is 6.03. The molecule has 0 amide bonds. The highest BCUT2D eigenvalue weighted by Gasteiger charge is 2.23. The third kappa shape index (κ3) is 6.33. The van der Waals surface area contributed by atoms with Gasteiger partial charge in [0.05, 0.1) is 0 Å². The fraction of sp³-hybridized carbons (Fsp3) is 0.250. The van der Waals surface area contributed by atoms with Crippen LogP contribution < -0.4 is 9.47 Å². The summed E-state index contributed by atoms with van der Waals surface area (Å²) >= 11 is 32.6. The maximum atomic E-state index is 5.43. The molecule has 0 unspecified atom stereocenters. The second-order valence-corrected chi connectivity index (χ2v) is 6.92. The monoisotopic (exact) mass is 342 g/mol. The van der Waals surface area contributed by atoms with E-state index >= 15 is 0 Å². The highest BCUT2D eigenvalue weighted by Crippen LogP contribution is 2.33. The molecule has 0 saturated heterocycles. The van der Waals surface area contributed by atoms with Crippen molar-refractivity contribution in [1.29, 1.82) is 0 Å². The minimum absolute atomic E-state index is 0.344. The lowest BCUT2D eigenvalue weighted by Crippen LogP contribution is -2.13. The van der Waals surface area contributed by atoms with Crippen LogP contribution in [0.4, 0.5) is 0 Å². The second kappa shape index (κ2) is 5.47. The van der Waals surface area contributed by atoms with Gasteiger partial charge in [0.2, 0.25) is 0 Å². The van der Waals surface area contributed by atoms with Crippen LogP contribution in [0.2, 0.25) is 0 Å². The zero-order valence-corrected chi connectivity index (χ0v) is 11.9. The lowest BCUT2D eigenvalue weighted by Gasteiger charge is -2.16. The Bertz CT molecular complexity index is 304. The maximum Gasteiger partial charge on any atom is 0.338 e. The summed E-state index contributed by atoms with van der Waals surface area (Å²) in [6.45, 7) is 0. The molecule has 0 aliphatic rings. The van der Waals surface area contributed by atoms with E-state index in [1.807, 2.05) is 0 Å². The number of hydrogen-bond donors (Lipinski definition) is 0. The van der Waals surface area contributed by atoms with Gasteiger partial charge in [0.25, 0.3) is 0 Å². The Balaban J connectivity index is 2.69. The molecular formula is C8H4Cl6O2.